The highest BCUT2D eigenvalue weighted by molar-refractivity contribution is 6.33. The molecular weight excluding hydrogens is 464 g/mol. The van der Waals surface area contributed by atoms with Crippen molar-refractivity contribution in [3.63, 3.8) is 0 Å². The summed E-state index contributed by atoms with van der Waals surface area (Å²) in [6, 6.07) is 6.10. The molecule has 4 rings (SSSR count). The lowest BCUT2D eigenvalue weighted by atomic mass is 9.86. The number of nitriles is 1. The van der Waals surface area contributed by atoms with Crippen molar-refractivity contribution in [3.05, 3.63) is 46.4 Å². The number of hydrogen-bond donors (Lipinski definition) is 4. The Balaban J connectivity index is 1.61. The fourth-order valence-corrected chi connectivity index (χ4v) is 4.30. The summed E-state index contributed by atoms with van der Waals surface area (Å²) in [6.07, 6.45) is 7.64. The first kappa shape index (κ1) is 24.8. The Bertz CT molecular complexity index is 1160. The maximum atomic E-state index is 9.11. The first-order valence-corrected chi connectivity index (χ1v) is 12.2. The molecule has 0 bridgehead atoms. The first-order valence-electron chi connectivity index (χ1n) is 11.8. The van der Waals surface area contributed by atoms with E-state index < -0.39 is 0 Å². The average molecular weight is 495 g/mol. The van der Waals surface area contributed by atoms with Crippen LogP contribution < -0.4 is 20.7 Å². The lowest BCUT2D eigenvalue weighted by Crippen LogP contribution is -2.29. The molecule has 0 unspecified atom stereocenters. The zero-order valence-electron chi connectivity index (χ0n) is 20.3. The van der Waals surface area contributed by atoms with Crippen LogP contribution in [0.15, 0.2) is 30.2 Å². The van der Waals surface area contributed by atoms with Gasteiger partial charge in [0.25, 0.3) is 0 Å². The molecule has 10 heteroatoms. The number of halogens is 1. The van der Waals surface area contributed by atoms with Crippen molar-refractivity contribution in [2.24, 2.45) is 0 Å². The van der Waals surface area contributed by atoms with E-state index in [9.17, 15) is 0 Å². The van der Waals surface area contributed by atoms with E-state index in [0.717, 1.165) is 50.2 Å². The minimum absolute atomic E-state index is 0.247. The number of rotatable bonds is 9. The van der Waals surface area contributed by atoms with Gasteiger partial charge in [-0.3, -0.25) is 5.41 Å². The van der Waals surface area contributed by atoms with Crippen molar-refractivity contribution in [2.45, 2.75) is 44.6 Å². The van der Waals surface area contributed by atoms with Gasteiger partial charge in [-0.1, -0.05) is 11.6 Å². The molecule has 35 heavy (non-hydrogen) atoms. The Hall–Kier alpha value is -3.35. The summed E-state index contributed by atoms with van der Waals surface area (Å²) in [7, 11) is 3.85. The zero-order valence-corrected chi connectivity index (χ0v) is 21.0. The molecule has 1 aliphatic heterocycles. The van der Waals surface area contributed by atoms with E-state index in [-0.39, 0.29) is 28.4 Å². The molecule has 9 nitrogen and oxygen atoms in total. The molecule has 0 atom stereocenters. The van der Waals surface area contributed by atoms with Crippen LogP contribution in [0.25, 0.3) is 0 Å². The molecule has 4 N–H and O–H groups in total. The lowest BCUT2D eigenvalue weighted by Gasteiger charge is -2.30. The Kier molecular flexibility index (Phi) is 7.73. The van der Waals surface area contributed by atoms with Gasteiger partial charge in [0.1, 0.15) is 16.8 Å². The molecule has 1 aromatic carbocycles. The number of benzene rings is 1. The molecule has 2 aliphatic rings. The summed E-state index contributed by atoms with van der Waals surface area (Å²) in [5.41, 5.74) is 3.35. The van der Waals surface area contributed by atoms with Gasteiger partial charge in [0.05, 0.1) is 23.7 Å². The monoisotopic (exact) mass is 494 g/mol. The molecule has 2 heterocycles. The first-order chi connectivity index (χ1) is 16.9. The van der Waals surface area contributed by atoms with Gasteiger partial charge in [-0.05, 0) is 81.9 Å². The van der Waals surface area contributed by atoms with Crippen molar-refractivity contribution in [2.75, 3.05) is 37.8 Å². The number of allylic oxidation sites excluding steroid dienone is 1. The third kappa shape index (κ3) is 6.21. The smallest absolute Gasteiger partial charge is 0.229 e. The Morgan fingerprint density at radius 2 is 2.03 bits per heavy atom. The maximum absolute atomic E-state index is 9.11. The van der Waals surface area contributed by atoms with Gasteiger partial charge < -0.3 is 25.6 Å². The van der Waals surface area contributed by atoms with Crippen LogP contribution >= 0.6 is 11.6 Å². The van der Waals surface area contributed by atoms with Crippen molar-refractivity contribution < 1.29 is 4.74 Å². The summed E-state index contributed by atoms with van der Waals surface area (Å²) < 4.78 is 6.28. The number of aryl methyl sites for hydroxylation is 1. The third-order valence-electron chi connectivity index (χ3n) is 6.26. The number of piperidine rings is 1. The molecular formula is C25H31ClN8O. The lowest BCUT2D eigenvalue weighted by molar-refractivity contribution is 0.254. The van der Waals surface area contributed by atoms with Gasteiger partial charge in [-0.15, -0.1) is 0 Å². The van der Waals surface area contributed by atoms with Crippen LogP contribution in [0.1, 0.15) is 42.7 Å². The van der Waals surface area contributed by atoms with Gasteiger partial charge in [-0.2, -0.15) is 10.2 Å². The van der Waals surface area contributed by atoms with Gasteiger partial charge in [0.15, 0.2) is 11.5 Å². The predicted octanol–water partition coefficient (Wildman–Crippen LogP) is 4.55. The zero-order chi connectivity index (χ0) is 24.9. The molecule has 2 fully saturated rings. The minimum atomic E-state index is -0.247. The van der Waals surface area contributed by atoms with E-state index in [1.165, 1.54) is 23.5 Å². The van der Waals surface area contributed by atoms with Crippen molar-refractivity contribution >= 4 is 34.8 Å². The van der Waals surface area contributed by atoms with Crippen LogP contribution in [0.3, 0.4) is 0 Å². The largest absolute Gasteiger partial charge is 0.488 e. The molecule has 1 aromatic heterocycles. The van der Waals surface area contributed by atoms with Crippen LogP contribution in [-0.2, 0) is 0 Å². The second kappa shape index (κ2) is 10.9. The van der Waals surface area contributed by atoms with Crippen LogP contribution in [0.5, 0.6) is 5.75 Å². The van der Waals surface area contributed by atoms with Gasteiger partial charge in [-0.25, -0.2) is 4.98 Å². The second-order valence-electron chi connectivity index (χ2n) is 9.07. The molecule has 2 aromatic rings. The summed E-state index contributed by atoms with van der Waals surface area (Å²) in [5, 5.41) is 26.3. The number of aromatic nitrogens is 2. The molecule has 0 amide bonds. The van der Waals surface area contributed by atoms with Crippen molar-refractivity contribution in [3.8, 4) is 11.8 Å². The van der Waals surface area contributed by atoms with Gasteiger partial charge in [0, 0.05) is 13.2 Å². The van der Waals surface area contributed by atoms with E-state index in [4.69, 9.17) is 27.0 Å². The Morgan fingerprint density at radius 1 is 1.29 bits per heavy atom. The van der Waals surface area contributed by atoms with Crippen molar-refractivity contribution in [1.82, 2.24) is 20.2 Å². The molecule has 0 radical (unpaired) electrons. The molecule has 1 saturated carbocycles. The number of anilines is 3. The number of likely N-dealkylation sites (tertiary alicyclic amines) is 1. The third-order valence-corrected chi connectivity index (χ3v) is 6.53. The summed E-state index contributed by atoms with van der Waals surface area (Å²) in [4.78, 5) is 11.2. The van der Waals surface area contributed by atoms with Crippen LogP contribution in [0.2, 0.25) is 5.02 Å². The molecule has 184 valence electrons. The highest BCUT2D eigenvalue weighted by atomic mass is 35.5. The minimum Gasteiger partial charge on any atom is -0.488 e. The quantitative estimate of drug-likeness (QED) is 0.374. The fraction of sp³-hybridized carbons (Fsp3) is 0.440. The maximum Gasteiger partial charge on any atom is 0.229 e. The van der Waals surface area contributed by atoms with Crippen molar-refractivity contribution in [1.29, 1.82) is 10.7 Å². The highest BCUT2D eigenvalue weighted by Crippen LogP contribution is 2.40. The number of ether oxygens (including phenoxy) is 1. The highest BCUT2D eigenvalue weighted by Gasteiger charge is 2.27. The van der Waals surface area contributed by atoms with E-state index >= 15 is 0 Å². The second-order valence-corrected chi connectivity index (χ2v) is 9.48. The summed E-state index contributed by atoms with van der Waals surface area (Å²) >= 11 is 6.30. The molecule has 0 spiro atoms. The summed E-state index contributed by atoms with van der Waals surface area (Å²) in [5.74, 6) is 1.95. The normalized spacial score (nSPS) is 16.9. The topological polar surface area (TPSA) is 122 Å². The Labute approximate surface area is 211 Å². The van der Waals surface area contributed by atoms with E-state index in [1.54, 1.807) is 7.05 Å². The van der Waals surface area contributed by atoms with Crippen LogP contribution in [0.4, 0.5) is 17.5 Å². The SMILES string of the molecule is CN/C=C(/Nc1nc(Nc2cc(C)c(C3CCN(C)CC3)cc2OC2CC2)ncc1Cl)C(=N)C#N. The standard InChI is InChI=1S/C25H31ClN8O/c1-15-10-21(23(35-17-4-5-17)11-18(15)16-6-8-34(3)9-7-16)32-25-30-13-19(26)24(33-25)31-22(14-29-2)20(28)12-27/h10-11,13-14,16-17,28-29H,4-9H2,1-3H3,(H2,30,31,32,33)/b22-14+,28-20?. The van der Waals surface area contributed by atoms with E-state index in [1.807, 2.05) is 6.07 Å². The van der Waals surface area contributed by atoms with Crippen LogP contribution in [0, 0.1) is 23.7 Å². The van der Waals surface area contributed by atoms with Gasteiger partial charge >= 0.3 is 0 Å². The number of nitrogens with zero attached hydrogens (tertiary/aromatic N) is 4. The predicted molar refractivity (Wildman–Crippen MR) is 139 cm³/mol. The van der Waals surface area contributed by atoms with Gasteiger partial charge in [0.2, 0.25) is 5.95 Å². The molecule has 1 aliphatic carbocycles. The average Bonchev–Trinajstić information content (AvgIpc) is 3.66. The van der Waals surface area contributed by atoms with E-state index in [0.29, 0.717) is 11.9 Å². The summed E-state index contributed by atoms with van der Waals surface area (Å²) in [6.45, 7) is 4.34. The number of nitrogens with one attached hydrogen (secondary N) is 4. The number of hydrogen-bond acceptors (Lipinski definition) is 9. The van der Waals surface area contributed by atoms with E-state index in [2.05, 4.69) is 56.9 Å². The van der Waals surface area contributed by atoms with Crippen LogP contribution in [-0.4, -0.2) is 53.9 Å². The molecule has 1 saturated heterocycles. The fourth-order valence-electron chi connectivity index (χ4n) is 4.16. The Morgan fingerprint density at radius 3 is 2.69 bits per heavy atom.